The average Bonchev–Trinajstić information content (AvgIpc) is 3.24. The maximum absolute atomic E-state index is 12.5. The zero-order chi connectivity index (χ0) is 19.0. The van der Waals surface area contributed by atoms with E-state index >= 15 is 0 Å². The van der Waals surface area contributed by atoms with E-state index in [4.69, 9.17) is 8.94 Å². The van der Waals surface area contributed by atoms with Crippen LogP contribution >= 0.6 is 0 Å². The minimum atomic E-state index is -3.61. The zero-order valence-corrected chi connectivity index (χ0v) is 16.1. The molecule has 1 saturated heterocycles. The SMILES string of the molecule is Cc1noc(C)c1S(=O)(=O)NCC1CCN(c2nc3ccccc3o2)CC1. The summed E-state index contributed by atoms with van der Waals surface area (Å²) in [5.41, 5.74) is 2.01. The van der Waals surface area contributed by atoms with Gasteiger partial charge in [-0.15, -0.1) is 0 Å². The molecule has 4 rings (SSSR count). The van der Waals surface area contributed by atoms with Gasteiger partial charge in [-0.1, -0.05) is 17.3 Å². The molecule has 1 aromatic carbocycles. The van der Waals surface area contributed by atoms with Crippen molar-refractivity contribution in [1.29, 1.82) is 0 Å². The van der Waals surface area contributed by atoms with Crippen LogP contribution in [0.4, 0.5) is 6.01 Å². The molecular formula is C18H22N4O4S. The number of oxazole rings is 1. The van der Waals surface area contributed by atoms with E-state index in [1.165, 1.54) is 0 Å². The van der Waals surface area contributed by atoms with Crippen LogP contribution in [0.3, 0.4) is 0 Å². The molecule has 0 saturated carbocycles. The van der Waals surface area contributed by atoms with E-state index in [1.54, 1.807) is 13.8 Å². The summed E-state index contributed by atoms with van der Waals surface area (Å²) in [6.45, 7) is 5.19. The van der Waals surface area contributed by atoms with Crippen LogP contribution in [0.5, 0.6) is 0 Å². The summed E-state index contributed by atoms with van der Waals surface area (Å²) in [6, 6.07) is 8.33. The number of fused-ring (bicyclic) bond motifs is 1. The van der Waals surface area contributed by atoms with Crippen molar-refractivity contribution in [3.05, 3.63) is 35.7 Å². The maximum Gasteiger partial charge on any atom is 0.298 e. The van der Waals surface area contributed by atoms with Crippen molar-refractivity contribution in [2.45, 2.75) is 31.6 Å². The van der Waals surface area contributed by atoms with Gasteiger partial charge in [-0.3, -0.25) is 0 Å². The van der Waals surface area contributed by atoms with Crippen molar-refractivity contribution >= 4 is 27.1 Å². The second kappa shape index (κ2) is 6.97. The van der Waals surface area contributed by atoms with E-state index < -0.39 is 10.0 Å². The Morgan fingerprint density at radius 1 is 1.22 bits per heavy atom. The van der Waals surface area contributed by atoms with Crippen LogP contribution in [-0.2, 0) is 10.0 Å². The molecule has 1 aliphatic heterocycles. The molecule has 0 radical (unpaired) electrons. The van der Waals surface area contributed by atoms with E-state index in [2.05, 4.69) is 19.8 Å². The summed E-state index contributed by atoms with van der Waals surface area (Å²) < 4.78 is 38.5. The summed E-state index contributed by atoms with van der Waals surface area (Å²) in [5.74, 6) is 0.576. The predicted molar refractivity (Wildman–Crippen MR) is 100 cm³/mol. The topological polar surface area (TPSA) is 101 Å². The number of piperidine rings is 1. The highest BCUT2D eigenvalue weighted by Crippen LogP contribution is 2.26. The minimum absolute atomic E-state index is 0.145. The van der Waals surface area contributed by atoms with Gasteiger partial charge in [0.2, 0.25) is 10.0 Å². The van der Waals surface area contributed by atoms with Gasteiger partial charge in [0, 0.05) is 19.6 Å². The van der Waals surface area contributed by atoms with E-state index in [9.17, 15) is 8.42 Å². The van der Waals surface area contributed by atoms with Crippen LogP contribution in [0, 0.1) is 19.8 Å². The highest BCUT2D eigenvalue weighted by molar-refractivity contribution is 7.89. The quantitative estimate of drug-likeness (QED) is 0.714. The minimum Gasteiger partial charge on any atom is -0.423 e. The Kier molecular flexibility index (Phi) is 4.65. The Morgan fingerprint density at radius 3 is 2.63 bits per heavy atom. The molecule has 0 atom stereocenters. The molecule has 3 heterocycles. The molecule has 8 nitrogen and oxygen atoms in total. The molecule has 1 N–H and O–H groups in total. The number of rotatable bonds is 5. The molecule has 0 aliphatic carbocycles. The Balaban J connectivity index is 1.36. The molecule has 0 spiro atoms. The van der Waals surface area contributed by atoms with E-state index in [1.807, 2.05) is 24.3 Å². The van der Waals surface area contributed by atoms with Crippen LogP contribution in [0.2, 0.25) is 0 Å². The maximum atomic E-state index is 12.5. The van der Waals surface area contributed by atoms with Crippen molar-refractivity contribution in [3.8, 4) is 0 Å². The number of nitrogens with one attached hydrogen (secondary N) is 1. The largest absolute Gasteiger partial charge is 0.423 e. The highest BCUT2D eigenvalue weighted by Gasteiger charge is 2.27. The lowest BCUT2D eigenvalue weighted by Crippen LogP contribution is -2.39. The number of hydrogen-bond donors (Lipinski definition) is 1. The first-order valence-corrected chi connectivity index (χ1v) is 10.5. The van der Waals surface area contributed by atoms with Crippen molar-refractivity contribution < 1.29 is 17.4 Å². The number of benzene rings is 1. The van der Waals surface area contributed by atoms with Crippen LogP contribution in [0.1, 0.15) is 24.3 Å². The number of sulfonamides is 1. The molecule has 27 heavy (non-hydrogen) atoms. The first-order chi connectivity index (χ1) is 12.9. The van der Waals surface area contributed by atoms with Crippen molar-refractivity contribution in [3.63, 3.8) is 0 Å². The lowest BCUT2D eigenvalue weighted by Gasteiger charge is -2.30. The third-order valence-electron chi connectivity index (χ3n) is 4.97. The molecule has 144 valence electrons. The predicted octanol–water partition coefficient (Wildman–Crippen LogP) is 2.63. The van der Waals surface area contributed by atoms with Gasteiger partial charge in [0.15, 0.2) is 11.3 Å². The van der Waals surface area contributed by atoms with E-state index in [0.29, 0.717) is 24.0 Å². The van der Waals surface area contributed by atoms with Crippen LogP contribution < -0.4 is 9.62 Å². The summed E-state index contributed by atoms with van der Waals surface area (Å²) in [4.78, 5) is 6.79. The Hall–Kier alpha value is -2.39. The lowest BCUT2D eigenvalue weighted by atomic mass is 9.97. The number of nitrogens with zero attached hydrogens (tertiary/aromatic N) is 3. The lowest BCUT2D eigenvalue weighted by molar-refractivity contribution is 0.386. The number of anilines is 1. The highest BCUT2D eigenvalue weighted by atomic mass is 32.2. The second-order valence-corrected chi connectivity index (χ2v) is 8.60. The zero-order valence-electron chi connectivity index (χ0n) is 15.3. The molecule has 1 fully saturated rings. The normalized spacial score (nSPS) is 16.3. The van der Waals surface area contributed by atoms with Gasteiger partial charge in [0.1, 0.15) is 16.1 Å². The second-order valence-electron chi connectivity index (χ2n) is 6.90. The first-order valence-electron chi connectivity index (χ1n) is 8.97. The fourth-order valence-corrected chi connectivity index (χ4v) is 4.92. The van der Waals surface area contributed by atoms with Crippen LogP contribution in [0.25, 0.3) is 11.1 Å². The smallest absolute Gasteiger partial charge is 0.298 e. The third-order valence-corrected chi connectivity index (χ3v) is 6.63. The fraction of sp³-hybridized carbons (Fsp3) is 0.444. The molecule has 0 bridgehead atoms. The standard InChI is InChI=1S/C18H22N4O4S/c1-12-17(13(2)26-21-12)27(23,24)19-11-14-7-9-22(10-8-14)18-20-15-5-3-4-6-16(15)25-18/h3-6,14,19H,7-11H2,1-2H3. The van der Waals surface area contributed by atoms with Crippen LogP contribution in [0.15, 0.2) is 38.1 Å². The van der Waals surface area contributed by atoms with Gasteiger partial charge in [-0.25, -0.2) is 13.1 Å². The molecule has 0 amide bonds. The van der Waals surface area contributed by atoms with Crippen molar-refractivity contribution in [2.75, 3.05) is 24.5 Å². The van der Waals surface area contributed by atoms with Gasteiger partial charge in [0.05, 0.1) is 0 Å². The number of hydrogen-bond acceptors (Lipinski definition) is 7. The average molecular weight is 390 g/mol. The Morgan fingerprint density at radius 2 is 1.96 bits per heavy atom. The number of aromatic nitrogens is 2. The van der Waals surface area contributed by atoms with Gasteiger partial charge >= 0.3 is 0 Å². The van der Waals surface area contributed by atoms with Crippen molar-refractivity contribution in [1.82, 2.24) is 14.9 Å². The summed E-state index contributed by atoms with van der Waals surface area (Å²) >= 11 is 0. The Labute approximate surface area is 157 Å². The summed E-state index contributed by atoms with van der Waals surface area (Å²) in [7, 11) is -3.61. The molecular weight excluding hydrogens is 368 g/mol. The first kappa shape index (κ1) is 18.0. The van der Waals surface area contributed by atoms with Gasteiger partial charge in [-0.2, -0.15) is 4.98 Å². The fourth-order valence-electron chi connectivity index (χ4n) is 3.48. The third kappa shape index (κ3) is 3.57. The van der Waals surface area contributed by atoms with Gasteiger partial charge in [0.25, 0.3) is 6.01 Å². The molecule has 2 aromatic heterocycles. The molecule has 3 aromatic rings. The van der Waals surface area contributed by atoms with E-state index in [-0.39, 0.29) is 10.8 Å². The molecule has 0 unspecified atom stereocenters. The van der Waals surface area contributed by atoms with Crippen LogP contribution in [-0.4, -0.2) is 38.2 Å². The summed E-state index contributed by atoms with van der Waals surface area (Å²) in [5, 5.41) is 3.72. The van der Waals surface area contributed by atoms with Gasteiger partial charge < -0.3 is 13.8 Å². The van der Waals surface area contributed by atoms with Crippen molar-refractivity contribution in [2.24, 2.45) is 5.92 Å². The van der Waals surface area contributed by atoms with Gasteiger partial charge in [-0.05, 0) is 44.7 Å². The number of aryl methyl sites for hydroxylation is 2. The molecule has 9 heteroatoms. The number of para-hydroxylation sites is 2. The Bertz CT molecular complexity index is 996. The molecule has 1 aliphatic rings. The summed E-state index contributed by atoms with van der Waals surface area (Å²) in [6.07, 6.45) is 1.73. The van der Waals surface area contributed by atoms with E-state index in [0.717, 1.165) is 37.0 Å². The monoisotopic (exact) mass is 390 g/mol.